The minimum absolute atomic E-state index is 0.120. The molecule has 0 aliphatic carbocycles. The molecule has 0 aromatic heterocycles. The second-order valence-electron chi connectivity index (χ2n) is 7.04. The Bertz CT molecular complexity index is 516. The summed E-state index contributed by atoms with van der Waals surface area (Å²) in [5.74, 6) is 0.546. The molecule has 2 atom stereocenters. The van der Waals surface area contributed by atoms with Gasteiger partial charge in [0.25, 0.3) is 0 Å². The quantitative estimate of drug-likeness (QED) is 0.919. The van der Waals surface area contributed by atoms with Crippen molar-refractivity contribution in [2.75, 3.05) is 11.9 Å². The van der Waals surface area contributed by atoms with E-state index in [0.717, 1.165) is 23.2 Å². The standard InChI is InChI=1S/C17H25NO2/c1-11(17(2,3)4)8-15(19)12-6-7-14-13(9-12)10-16(20)18(14)5/h6-7,9,11,15,19H,8,10H2,1-5H3. The SMILES string of the molecule is CC(CC(O)c1ccc2c(c1)CC(=O)N2C)C(C)(C)C. The molecule has 1 N–H and O–H groups in total. The molecule has 0 spiro atoms. The molecule has 2 unspecified atom stereocenters. The minimum atomic E-state index is -0.462. The lowest BCUT2D eigenvalue weighted by Gasteiger charge is -2.29. The summed E-state index contributed by atoms with van der Waals surface area (Å²) in [5.41, 5.74) is 3.10. The number of aliphatic hydroxyl groups is 1. The number of rotatable bonds is 3. The van der Waals surface area contributed by atoms with Gasteiger partial charge in [0, 0.05) is 12.7 Å². The lowest BCUT2D eigenvalue weighted by atomic mass is 9.78. The van der Waals surface area contributed by atoms with Crippen molar-refractivity contribution in [2.45, 2.75) is 46.6 Å². The number of fused-ring (bicyclic) bond motifs is 1. The molecule has 2 rings (SSSR count). The zero-order valence-electron chi connectivity index (χ0n) is 13.1. The molecule has 0 saturated heterocycles. The van der Waals surface area contributed by atoms with Crippen LogP contribution in [0.25, 0.3) is 0 Å². The summed E-state index contributed by atoms with van der Waals surface area (Å²) in [6.45, 7) is 8.76. The normalized spacial score (nSPS) is 18.1. The van der Waals surface area contributed by atoms with Crippen LogP contribution in [0.15, 0.2) is 18.2 Å². The van der Waals surface area contributed by atoms with Crippen LogP contribution in [0, 0.1) is 11.3 Å². The molecular weight excluding hydrogens is 250 g/mol. The van der Waals surface area contributed by atoms with Gasteiger partial charge in [-0.05, 0) is 34.9 Å². The molecule has 1 aromatic carbocycles. The second kappa shape index (κ2) is 5.21. The summed E-state index contributed by atoms with van der Waals surface area (Å²) in [6, 6.07) is 5.87. The predicted octanol–water partition coefficient (Wildman–Crippen LogP) is 3.31. The number of hydrogen-bond donors (Lipinski definition) is 1. The summed E-state index contributed by atoms with van der Waals surface area (Å²) in [5, 5.41) is 10.4. The summed E-state index contributed by atoms with van der Waals surface area (Å²) in [6.07, 6.45) is 0.725. The van der Waals surface area contributed by atoms with Crippen LogP contribution in [0.2, 0.25) is 0 Å². The van der Waals surface area contributed by atoms with Gasteiger partial charge in [-0.15, -0.1) is 0 Å². The molecule has 0 bridgehead atoms. The number of nitrogens with zero attached hydrogens (tertiary/aromatic N) is 1. The Morgan fingerprint density at radius 2 is 2.00 bits per heavy atom. The first-order chi connectivity index (χ1) is 9.20. The first-order valence-electron chi connectivity index (χ1n) is 7.27. The highest BCUT2D eigenvalue weighted by Gasteiger charge is 2.27. The minimum Gasteiger partial charge on any atom is -0.388 e. The van der Waals surface area contributed by atoms with Crippen LogP contribution in [0.4, 0.5) is 5.69 Å². The van der Waals surface area contributed by atoms with Crippen LogP contribution in [-0.2, 0) is 11.2 Å². The molecule has 20 heavy (non-hydrogen) atoms. The number of likely N-dealkylation sites (N-methyl/N-ethyl adjacent to an activating group) is 1. The van der Waals surface area contributed by atoms with Gasteiger partial charge >= 0.3 is 0 Å². The maximum Gasteiger partial charge on any atom is 0.231 e. The third-order valence-electron chi connectivity index (χ3n) is 4.62. The molecule has 1 aliphatic heterocycles. The number of amides is 1. The number of hydrogen-bond acceptors (Lipinski definition) is 2. The molecule has 0 radical (unpaired) electrons. The third kappa shape index (κ3) is 2.88. The Morgan fingerprint density at radius 1 is 1.35 bits per heavy atom. The van der Waals surface area contributed by atoms with E-state index in [1.807, 2.05) is 18.2 Å². The van der Waals surface area contributed by atoms with Crippen LogP contribution >= 0.6 is 0 Å². The van der Waals surface area contributed by atoms with Gasteiger partial charge in [0.2, 0.25) is 5.91 Å². The molecule has 1 heterocycles. The highest BCUT2D eigenvalue weighted by atomic mass is 16.3. The average molecular weight is 275 g/mol. The third-order valence-corrected chi connectivity index (χ3v) is 4.62. The first kappa shape index (κ1) is 15.0. The van der Waals surface area contributed by atoms with E-state index in [4.69, 9.17) is 0 Å². The molecule has 0 fully saturated rings. The van der Waals surface area contributed by atoms with E-state index in [9.17, 15) is 9.90 Å². The maximum absolute atomic E-state index is 11.7. The van der Waals surface area contributed by atoms with E-state index in [-0.39, 0.29) is 11.3 Å². The largest absolute Gasteiger partial charge is 0.388 e. The Kier molecular flexibility index (Phi) is 3.92. The van der Waals surface area contributed by atoms with Crippen molar-refractivity contribution in [2.24, 2.45) is 11.3 Å². The summed E-state index contributed by atoms with van der Waals surface area (Å²) in [4.78, 5) is 13.4. The monoisotopic (exact) mass is 275 g/mol. The highest BCUT2D eigenvalue weighted by Crippen LogP contribution is 2.35. The van der Waals surface area contributed by atoms with Crippen LogP contribution in [-0.4, -0.2) is 18.1 Å². The Balaban J connectivity index is 2.15. The van der Waals surface area contributed by atoms with Gasteiger partial charge in [-0.2, -0.15) is 0 Å². The molecule has 3 nitrogen and oxygen atoms in total. The van der Waals surface area contributed by atoms with E-state index in [2.05, 4.69) is 27.7 Å². The van der Waals surface area contributed by atoms with E-state index < -0.39 is 6.10 Å². The van der Waals surface area contributed by atoms with Crippen LogP contribution < -0.4 is 4.90 Å². The highest BCUT2D eigenvalue weighted by molar-refractivity contribution is 6.00. The van der Waals surface area contributed by atoms with E-state index in [0.29, 0.717) is 12.3 Å². The van der Waals surface area contributed by atoms with E-state index in [1.165, 1.54) is 0 Å². The smallest absolute Gasteiger partial charge is 0.231 e. The summed E-state index contributed by atoms with van der Waals surface area (Å²) >= 11 is 0. The average Bonchev–Trinajstić information content (AvgIpc) is 2.63. The number of anilines is 1. The van der Waals surface area contributed by atoms with Crippen molar-refractivity contribution in [3.05, 3.63) is 29.3 Å². The van der Waals surface area contributed by atoms with Crippen molar-refractivity contribution >= 4 is 11.6 Å². The van der Waals surface area contributed by atoms with Crippen molar-refractivity contribution in [3.8, 4) is 0 Å². The summed E-state index contributed by atoms with van der Waals surface area (Å²) < 4.78 is 0. The van der Waals surface area contributed by atoms with E-state index >= 15 is 0 Å². The fourth-order valence-electron chi connectivity index (χ4n) is 2.52. The van der Waals surface area contributed by atoms with Gasteiger partial charge in [-0.1, -0.05) is 39.8 Å². The van der Waals surface area contributed by atoms with Gasteiger partial charge in [-0.3, -0.25) is 4.79 Å². The Hall–Kier alpha value is -1.35. The van der Waals surface area contributed by atoms with Gasteiger partial charge in [-0.25, -0.2) is 0 Å². The first-order valence-corrected chi connectivity index (χ1v) is 7.27. The van der Waals surface area contributed by atoms with Gasteiger partial charge < -0.3 is 10.0 Å². The van der Waals surface area contributed by atoms with Crippen LogP contribution in [0.1, 0.15) is 51.3 Å². The zero-order chi connectivity index (χ0) is 15.1. The molecule has 1 aliphatic rings. The summed E-state index contributed by atoms with van der Waals surface area (Å²) in [7, 11) is 1.80. The molecule has 1 amide bonds. The number of carbonyl (C=O) groups is 1. The topological polar surface area (TPSA) is 40.5 Å². The van der Waals surface area contributed by atoms with Crippen LogP contribution in [0.3, 0.4) is 0 Å². The maximum atomic E-state index is 11.7. The predicted molar refractivity (Wildman–Crippen MR) is 81.8 cm³/mol. The van der Waals surface area contributed by atoms with Crippen molar-refractivity contribution in [3.63, 3.8) is 0 Å². The van der Waals surface area contributed by atoms with Gasteiger partial charge in [0.15, 0.2) is 0 Å². The van der Waals surface area contributed by atoms with Crippen molar-refractivity contribution < 1.29 is 9.90 Å². The van der Waals surface area contributed by atoms with Crippen LogP contribution in [0.5, 0.6) is 0 Å². The Morgan fingerprint density at radius 3 is 2.60 bits per heavy atom. The fourth-order valence-corrected chi connectivity index (χ4v) is 2.52. The fraction of sp³-hybridized carbons (Fsp3) is 0.588. The number of benzene rings is 1. The van der Waals surface area contributed by atoms with E-state index in [1.54, 1.807) is 11.9 Å². The van der Waals surface area contributed by atoms with Gasteiger partial charge in [0.05, 0.1) is 12.5 Å². The lowest BCUT2D eigenvalue weighted by Crippen LogP contribution is -2.20. The second-order valence-corrected chi connectivity index (χ2v) is 7.04. The molecule has 0 saturated carbocycles. The molecule has 3 heteroatoms. The number of carbonyl (C=O) groups excluding carboxylic acids is 1. The number of aliphatic hydroxyl groups excluding tert-OH is 1. The lowest BCUT2D eigenvalue weighted by molar-refractivity contribution is -0.117. The molecular formula is C17H25NO2. The van der Waals surface area contributed by atoms with Gasteiger partial charge in [0.1, 0.15) is 0 Å². The Labute approximate surface area is 121 Å². The zero-order valence-corrected chi connectivity index (χ0v) is 13.1. The van der Waals surface area contributed by atoms with Crippen molar-refractivity contribution in [1.29, 1.82) is 0 Å². The molecule has 1 aromatic rings. The van der Waals surface area contributed by atoms with Crippen molar-refractivity contribution in [1.82, 2.24) is 0 Å². The molecule has 110 valence electrons.